The monoisotopic (exact) mass is 304 g/mol. The van der Waals surface area contributed by atoms with E-state index in [2.05, 4.69) is 10.6 Å². The Labute approximate surface area is 117 Å². The number of hydrogen-bond donors (Lipinski definition) is 2. The van der Waals surface area contributed by atoms with Crippen LogP contribution in [0.3, 0.4) is 0 Å². The molecule has 1 rings (SSSR count). The number of hydrogen-bond acceptors (Lipinski definition) is 3. The Morgan fingerprint density at radius 3 is 2.74 bits per heavy atom. The second kappa shape index (κ2) is 6.75. The Hall–Kier alpha value is -1.29. The normalized spacial score (nSPS) is 11.2. The second-order valence-corrected chi connectivity index (χ2v) is 6.02. The highest BCUT2D eigenvalue weighted by atomic mass is 35.5. The fourth-order valence-electron chi connectivity index (χ4n) is 1.42. The lowest BCUT2D eigenvalue weighted by molar-refractivity contribution is 0.555. The summed E-state index contributed by atoms with van der Waals surface area (Å²) < 4.78 is 39.7. The van der Waals surface area contributed by atoms with Crippen LogP contribution in [-0.4, -0.2) is 15.0 Å². The second-order valence-electron chi connectivity index (χ2n) is 3.87. The molecule has 104 valence electrons. The Morgan fingerprint density at radius 2 is 2.11 bits per heavy atom. The molecule has 3 N–H and O–H groups in total. The van der Waals surface area contributed by atoms with Gasteiger partial charge in [-0.25, -0.2) is 17.5 Å². The van der Waals surface area contributed by atoms with Crippen LogP contribution in [0.15, 0.2) is 17.0 Å². The van der Waals surface area contributed by atoms with Crippen molar-refractivity contribution < 1.29 is 12.8 Å². The summed E-state index contributed by atoms with van der Waals surface area (Å²) in [6, 6.07) is 2.19. The van der Waals surface area contributed by atoms with E-state index in [9.17, 15) is 12.8 Å². The Morgan fingerprint density at radius 1 is 1.42 bits per heavy atom. The topological polar surface area (TPSA) is 72.2 Å². The van der Waals surface area contributed by atoms with Crippen molar-refractivity contribution in [3.05, 3.63) is 23.0 Å². The number of halogens is 2. The van der Waals surface area contributed by atoms with Crippen molar-refractivity contribution in [3.8, 4) is 12.3 Å². The molecular formula is C12H14ClFN2O2S. The van der Waals surface area contributed by atoms with Crippen LogP contribution < -0.4 is 10.5 Å². The first-order valence-corrected chi connectivity index (χ1v) is 7.42. The van der Waals surface area contributed by atoms with Crippen molar-refractivity contribution in [1.29, 1.82) is 0 Å². The minimum Gasteiger partial charge on any atom is -0.399 e. The lowest BCUT2D eigenvalue weighted by Gasteiger charge is -2.09. The van der Waals surface area contributed by atoms with E-state index < -0.39 is 20.7 Å². The molecule has 4 nitrogen and oxygen atoms in total. The van der Waals surface area contributed by atoms with E-state index in [1.54, 1.807) is 0 Å². The Bertz CT molecular complexity index is 596. The van der Waals surface area contributed by atoms with Crippen LogP contribution in [0.1, 0.15) is 19.3 Å². The zero-order valence-electron chi connectivity index (χ0n) is 10.1. The SMILES string of the molecule is C#CCCCCNS(=O)(=O)c1cc(N)cc(Cl)c1F. The molecule has 0 radical (unpaired) electrons. The molecule has 0 heterocycles. The molecule has 0 atom stereocenters. The van der Waals surface area contributed by atoms with Crippen molar-refractivity contribution >= 4 is 27.3 Å². The van der Waals surface area contributed by atoms with Gasteiger partial charge in [0.05, 0.1) is 5.02 Å². The Balaban J connectivity index is 2.81. The van der Waals surface area contributed by atoms with E-state index >= 15 is 0 Å². The first-order valence-electron chi connectivity index (χ1n) is 5.56. The number of benzene rings is 1. The fraction of sp³-hybridized carbons (Fsp3) is 0.333. The zero-order valence-corrected chi connectivity index (χ0v) is 11.7. The highest BCUT2D eigenvalue weighted by Gasteiger charge is 2.21. The van der Waals surface area contributed by atoms with Crippen molar-refractivity contribution in [1.82, 2.24) is 4.72 Å². The molecule has 0 bridgehead atoms. The maximum atomic E-state index is 13.7. The lowest BCUT2D eigenvalue weighted by Crippen LogP contribution is -2.26. The van der Waals surface area contributed by atoms with Gasteiger partial charge in [-0.2, -0.15) is 0 Å². The molecule has 1 aromatic rings. The molecule has 0 saturated heterocycles. The number of unbranched alkanes of at least 4 members (excludes halogenated alkanes) is 2. The molecule has 0 aliphatic heterocycles. The van der Waals surface area contributed by atoms with Crippen LogP contribution in [0, 0.1) is 18.2 Å². The third-order valence-electron chi connectivity index (χ3n) is 2.35. The maximum Gasteiger partial charge on any atom is 0.243 e. The summed E-state index contributed by atoms with van der Waals surface area (Å²) in [5.74, 6) is 1.44. The van der Waals surface area contributed by atoms with Crippen molar-refractivity contribution in [2.75, 3.05) is 12.3 Å². The van der Waals surface area contributed by atoms with E-state index in [-0.39, 0.29) is 17.3 Å². The average Bonchev–Trinajstić information content (AvgIpc) is 2.33. The van der Waals surface area contributed by atoms with Crippen molar-refractivity contribution in [3.63, 3.8) is 0 Å². The van der Waals surface area contributed by atoms with E-state index in [4.69, 9.17) is 23.8 Å². The van der Waals surface area contributed by atoms with Crippen LogP contribution >= 0.6 is 11.6 Å². The minimum atomic E-state index is -3.96. The number of nitrogen functional groups attached to an aromatic ring is 1. The smallest absolute Gasteiger partial charge is 0.243 e. The molecule has 0 spiro atoms. The first kappa shape index (κ1) is 15.8. The van der Waals surface area contributed by atoms with Gasteiger partial charge in [0.2, 0.25) is 10.0 Å². The third-order valence-corrected chi connectivity index (χ3v) is 4.08. The van der Waals surface area contributed by atoms with Gasteiger partial charge in [-0.05, 0) is 25.0 Å². The van der Waals surface area contributed by atoms with Gasteiger partial charge in [-0.3, -0.25) is 0 Å². The summed E-state index contributed by atoms with van der Waals surface area (Å²) in [5.41, 5.74) is 5.54. The summed E-state index contributed by atoms with van der Waals surface area (Å²) in [4.78, 5) is -0.547. The van der Waals surface area contributed by atoms with E-state index in [0.717, 1.165) is 12.1 Å². The summed E-state index contributed by atoms with van der Waals surface area (Å²) in [7, 11) is -3.96. The summed E-state index contributed by atoms with van der Waals surface area (Å²) in [6.45, 7) is 0.176. The molecule has 0 aliphatic carbocycles. The van der Waals surface area contributed by atoms with Gasteiger partial charge in [-0.15, -0.1) is 12.3 Å². The number of terminal acetylenes is 1. The van der Waals surface area contributed by atoms with Gasteiger partial charge in [0.25, 0.3) is 0 Å². The summed E-state index contributed by atoms with van der Waals surface area (Å²) in [6.07, 6.45) is 6.91. The summed E-state index contributed by atoms with van der Waals surface area (Å²) in [5, 5.41) is -0.326. The quantitative estimate of drug-likeness (QED) is 0.480. The average molecular weight is 305 g/mol. The van der Waals surface area contributed by atoms with Gasteiger partial charge < -0.3 is 5.73 Å². The standard InChI is InChI=1S/C12H14ClFN2O2S/c1-2-3-4-5-6-16-19(17,18)11-8-9(15)7-10(13)12(11)14/h1,7-8,16H,3-6,15H2. The van der Waals surface area contributed by atoms with Gasteiger partial charge in [-0.1, -0.05) is 11.6 Å². The molecule has 1 aromatic carbocycles. The molecule has 19 heavy (non-hydrogen) atoms. The number of sulfonamides is 1. The van der Waals surface area contributed by atoms with Crippen LogP contribution in [0.4, 0.5) is 10.1 Å². The van der Waals surface area contributed by atoms with Crippen molar-refractivity contribution in [2.24, 2.45) is 0 Å². The van der Waals surface area contributed by atoms with Gasteiger partial charge in [0.15, 0.2) is 5.82 Å². The number of nitrogens with one attached hydrogen (secondary N) is 1. The van der Waals surface area contributed by atoms with Gasteiger partial charge in [0.1, 0.15) is 4.90 Å². The zero-order chi connectivity index (χ0) is 14.5. The van der Waals surface area contributed by atoms with Crippen LogP contribution in [-0.2, 0) is 10.0 Å². The van der Waals surface area contributed by atoms with E-state index in [1.165, 1.54) is 0 Å². The van der Waals surface area contributed by atoms with Crippen LogP contribution in [0.25, 0.3) is 0 Å². The molecule has 0 fully saturated rings. The lowest BCUT2D eigenvalue weighted by atomic mass is 10.2. The molecule has 0 unspecified atom stereocenters. The van der Waals surface area contributed by atoms with E-state index in [0.29, 0.717) is 19.3 Å². The predicted molar refractivity (Wildman–Crippen MR) is 73.7 cm³/mol. The molecular weight excluding hydrogens is 291 g/mol. The highest BCUT2D eigenvalue weighted by Crippen LogP contribution is 2.25. The van der Waals surface area contributed by atoms with Gasteiger partial charge >= 0.3 is 0 Å². The minimum absolute atomic E-state index is 0.0825. The largest absolute Gasteiger partial charge is 0.399 e. The van der Waals surface area contributed by atoms with Crippen LogP contribution in [0.2, 0.25) is 5.02 Å². The Kier molecular flexibility index (Phi) is 5.60. The first-order chi connectivity index (χ1) is 8.88. The molecule has 0 saturated carbocycles. The third kappa shape index (κ3) is 4.39. The van der Waals surface area contributed by atoms with Gasteiger partial charge in [0, 0.05) is 18.7 Å². The van der Waals surface area contributed by atoms with Crippen LogP contribution in [0.5, 0.6) is 0 Å². The molecule has 0 amide bonds. The number of anilines is 1. The molecule has 0 aromatic heterocycles. The number of rotatable bonds is 6. The summed E-state index contributed by atoms with van der Waals surface area (Å²) >= 11 is 5.56. The highest BCUT2D eigenvalue weighted by molar-refractivity contribution is 7.89. The fourth-order valence-corrected chi connectivity index (χ4v) is 2.91. The molecule has 0 aliphatic rings. The number of nitrogens with two attached hydrogens (primary N) is 1. The predicted octanol–water partition coefficient (Wildman–Crippen LogP) is 2.14. The van der Waals surface area contributed by atoms with Crippen molar-refractivity contribution in [2.45, 2.75) is 24.2 Å². The maximum absolute atomic E-state index is 13.7. The molecule has 7 heteroatoms. The van der Waals surface area contributed by atoms with E-state index in [1.807, 2.05) is 0 Å².